The minimum atomic E-state index is -1.02. The van der Waals surface area contributed by atoms with E-state index in [1.165, 1.54) is 32.1 Å². The van der Waals surface area contributed by atoms with E-state index in [1.54, 1.807) is 0 Å². The number of fused-ring (bicyclic) bond motifs is 4. The Hall–Kier alpha value is -0.360. The Bertz CT molecular complexity index is 1290. The molecule has 292 valence electrons. The van der Waals surface area contributed by atoms with Crippen LogP contribution in [0.1, 0.15) is 107 Å². The summed E-state index contributed by atoms with van der Waals surface area (Å²) in [7, 11) is 0. The van der Waals surface area contributed by atoms with Crippen molar-refractivity contribution in [1.82, 2.24) is 9.80 Å². The van der Waals surface area contributed by atoms with Crippen molar-refractivity contribution in [1.29, 1.82) is 0 Å². The SMILES string of the molecule is CCO[C@@H](C1C[C@@H](C)[C@H]2C(O1)[C@H](O)[C@@]1(C)C3CC[C@H]4C(C)(C)[C@@H](O[C@H]5CN(CC6CN(CCO)C6)CCO5)CC[C@@]45C[C@@]35CC[C@]21C)C(C)(C)O. The highest BCUT2D eigenvalue weighted by Crippen LogP contribution is 2.89. The third-order valence-electron chi connectivity index (χ3n) is 17.5. The second-order valence-electron chi connectivity index (χ2n) is 20.6. The van der Waals surface area contributed by atoms with Crippen LogP contribution in [0.25, 0.3) is 0 Å². The molecular weight excluding hydrogens is 644 g/mol. The molecule has 3 aliphatic heterocycles. The van der Waals surface area contributed by atoms with Gasteiger partial charge in [-0.05, 0) is 123 Å². The van der Waals surface area contributed by atoms with Gasteiger partial charge in [-0.15, -0.1) is 0 Å². The summed E-state index contributed by atoms with van der Waals surface area (Å²) < 4.78 is 26.4. The third kappa shape index (κ3) is 5.46. The van der Waals surface area contributed by atoms with Crippen molar-refractivity contribution >= 4 is 0 Å². The van der Waals surface area contributed by atoms with Gasteiger partial charge in [0, 0.05) is 51.3 Å². The van der Waals surface area contributed by atoms with E-state index in [0.29, 0.717) is 47.0 Å². The Morgan fingerprint density at radius 2 is 1.69 bits per heavy atom. The fraction of sp³-hybridized carbons (Fsp3) is 1.00. The Morgan fingerprint density at radius 3 is 2.39 bits per heavy atom. The van der Waals surface area contributed by atoms with Gasteiger partial charge < -0.3 is 39.2 Å². The summed E-state index contributed by atoms with van der Waals surface area (Å²) >= 11 is 0. The Balaban J connectivity index is 0.969. The van der Waals surface area contributed by atoms with Crippen LogP contribution in [0.3, 0.4) is 0 Å². The number of nitrogens with zero attached hydrogens (tertiary/aromatic N) is 2. The predicted octanol–water partition coefficient (Wildman–Crippen LogP) is 4.94. The normalized spacial score (nSPS) is 50.3. The highest BCUT2D eigenvalue weighted by Gasteiger charge is 2.84. The first kappa shape index (κ1) is 37.6. The van der Waals surface area contributed by atoms with Crippen LogP contribution < -0.4 is 0 Å². The van der Waals surface area contributed by atoms with Gasteiger partial charge in [0.2, 0.25) is 0 Å². The molecule has 3 unspecified atom stereocenters. The second-order valence-corrected chi connectivity index (χ2v) is 20.6. The molecule has 5 saturated carbocycles. The first-order valence-corrected chi connectivity index (χ1v) is 21.1. The highest BCUT2D eigenvalue weighted by atomic mass is 16.7. The van der Waals surface area contributed by atoms with Gasteiger partial charge in [-0.2, -0.15) is 0 Å². The molecule has 8 aliphatic rings. The lowest BCUT2D eigenvalue weighted by Crippen LogP contribution is -2.60. The maximum atomic E-state index is 12.6. The smallest absolute Gasteiger partial charge is 0.170 e. The molecule has 0 radical (unpaired) electrons. The van der Waals surface area contributed by atoms with Crippen molar-refractivity contribution in [3.05, 3.63) is 0 Å². The number of β-amino-alcohol motifs (C(OH)–C–C–N with tert-alkyl or cyclic N) is 1. The van der Waals surface area contributed by atoms with Crippen molar-refractivity contribution < 1.29 is 34.3 Å². The summed E-state index contributed by atoms with van der Waals surface area (Å²) in [5, 5.41) is 33.0. The molecule has 3 saturated heterocycles. The lowest BCUT2D eigenvalue weighted by Gasteiger charge is -2.64. The number of morpholine rings is 1. The highest BCUT2D eigenvalue weighted by molar-refractivity contribution is 5.33. The number of likely N-dealkylation sites (tertiary alicyclic amines) is 1. The largest absolute Gasteiger partial charge is 0.395 e. The van der Waals surface area contributed by atoms with Crippen LogP contribution in [-0.2, 0) is 18.9 Å². The van der Waals surface area contributed by atoms with Crippen molar-refractivity contribution in [2.75, 3.05) is 59.1 Å². The third-order valence-corrected chi connectivity index (χ3v) is 17.5. The van der Waals surface area contributed by atoms with E-state index in [4.69, 9.17) is 18.9 Å². The van der Waals surface area contributed by atoms with Gasteiger partial charge in [-0.1, -0.05) is 34.6 Å². The van der Waals surface area contributed by atoms with Crippen LogP contribution in [0.2, 0.25) is 0 Å². The van der Waals surface area contributed by atoms with Gasteiger partial charge in [-0.25, -0.2) is 0 Å². The van der Waals surface area contributed by atoms with Crippen LogP contribution in [0, 0.1) is 56.7 Å². The maximum absolute atomic E-state index is 12.6. The van der Waals surface area contributed by atoms with E-state index in [1.807, 2.05) is 20.8 Å². The number of rotatable bonds is 10. The average Bonchev–Trinajstić information content (AvgIpc) is 3.68. The summed E-state index contributed by atoms with van der Waals surface area (Å²) in [5.41, 5.74) is -0.498. The molecule has 0 bridgehead atoms. The fourth-order valence-electron chi connectivity index (χ4n) is 15.3. The standard InChI is InChI=1S/C42H72N2O7/c1-9-48-36(38(5,6)47)28-20-26(2)33-34(50-28)35(46)40(8)30-11-10-29-37(3,4)31(12-13-41(29)25-42(30,41)15-14-39(33,40)7)51-32-24-44(17-19-49-32)23-27-21-43(22-27)16-18-45/h26-36,45-47H,9-25H2,1-8H3/t26-,28?,29+,30?,31+,32+,33+,34?,35+,36+,39-,40-,41-,42+/m1/s1. The summed E-state index contributed by atoms with van der Waals surface area (Å²) in [6.45, 7) is 25.4. The lowest BCUT2D eigenvalue weighted by atomic mass is 9.41. The quantitative estimate of drug-likeness (QED) is 0.290. The van der Waals surface area contributed by atoms with E-state index < -0.39 is 17.8 Å². The molecule has 8 fully saturated rings. The topological polar surface area (TPSA) is 104 Å². The first-order chi connectivity index (χ1) is 24.1. The van der Waals surface area contributed by atoms with Gasteiger partial charge in [0.15, 0.2) is 6.29 Å². The van der Waals surface area contributed by atoms with Crippen LogP contribution >= 0.6 is 0 Å². The lowest BCUT2D eigenvalue weighted by molar-refractivity contribution is -0.249. The Labute approximate surface area is 308 Å². The second kappa shape index (κ2) is 12.8. The monoisotopic (exact) mass is 717 g/mol. The zero-order valence-corrected chi connectivity index (χ0v) is 33.2. The number of hydrogen-bond acceptors (Lipinski definition) is 9. The summed E-state index contributed by atoms with van der Waals surface area (Å²) in [6, 6.07) is 0. The molecule has 5 aliphatic carbocycles. The van der Waals surface area contributed by atoms with Crippen molar-refractivity contribution in [2.45, 2.75) is 149 Å². The molecule has 3 heterocycles. The van der Waals surface area contributed by atoms with Crippen LogP contribution in [0.15, 0.2) is 0 Å². The van der Waals surface area contributed by atoms with E-state index in [-0.39, 0.29) is 47.5 Å². The number of aliphatic hydroxyl groups excluding tert-OH is 2. The molecule has 14 atom stereocenters. The predicted molar refractivity (Wildman–Crippen MR) is 196 cm³/mol. The maximum Gasteiger partial charge on any atom is 0.170 e. The summed E-state index contributed by atoms with van der Waals surface area (Å²) in [6.07, 6.45) is 7.97. The number of hydrogen-bond donors (Lipinski definition) is 3. The molecule has 9 nitrogen and oxygen atoms in total. The molecular formula is C42H72N2O7. The van der Waals surface area contributed by atoms with Gasteiger partial charge in [0.1, 0.15) is 6.10 Å². The van der Waals surface area contributed by atoms with Crippen LogP contribution in [0.4, 0.5) is 0 Å². The summed E-state index contributed by atoms with van der Waals surface area (Å²) in [4.78, 5) is 4.89. The number of aliphatic hydroxyl groups is 3. The van der Waals surface area contributed by atoms with Gasteiger partial charge in [0.05, 0.1) is 43.2 Å². The van der Waals surface area contributed by atoms with Crippen molar-refractivity contribution in [2.24, 2.45) is 56.7 Å². The molecule has 51 heavy (non-hydrogen) atoms. The fourth-order valence-corrected chi connectivity index (χ4v) is 15.3. The van der Waals surface area contributed by atoms with Crippen molar-refractivity contribution in [3.63, 3.8) is 0 Å². The molecule has 9 heteroatoms. The first-order valence-electron chi connectivity index (χ1n) is 21.1. The molecule has 2 spiro atoms. The Morgan fingerprint density at radius 1 is 0.961 bits per heavy atom. The van der Waals surface area contributed by atoms with E-state index >= 15 is 0 Å². The van der Waals surface area contributed by atoms with Crippen LogP contribution in [-0.4, -0.2) is 127 Å². The molecule has 0 aromatic rings. The van der Waals surface area contributed by atoms with Crippen LogP contribution in [0.5, 0.6) is 0 Å². The van der Waals surface area contributed by atoms with Gasteiger partial charge >= 0.3 is 0 Å². The zero-order valence-electron chi connectivity index (χ0n) is 33.2. The van der Waals surface area contributed by atoms with Gasteiger partial charge in [-0.3, -0.25) is 4.90 Å². The molecule has 3 N–H and O–H groups in total. The van der Waals surface area contributed by atoms with E-state index in [9.17, 15) is 15.3 Å². The molecule has 0 amide bonds. The minimum Gasteiger partial charge on any atom is -0.395 e. The summed E-state index contributed by atoms with van der Waals surface area (Å²) in [5.74, 6) is 2.49. The minimum absolute atomic E-state index is 0.0144. The Kier molecular flexibility index (Phi) is 9.46. The molecule has 0 aromatic heterocycles. The van der Waals surface area contributed by atoms with Gasteiger partial charge in [0.25, 0.3) is 0 Å². The van der Waals surface area contributed by atoms with E-state index in [0.717, 1.165) is 65.1 Å². The van der Waals surface area contributed by atoms with E-state index in [2.05, 4.69) is 44.4 Å². The zero-order chi connectivity index (χ0) is 36.4. The number of ether oxygens (including phenoxy) is 4. The molecule has 8 rings (SSSR count). The van der Waals surface area contributed by atoms with Crippen molar-refractivity contribution in [3.8, 4) is 0 Å². The molecule has 0 aromatic carbocycles. The average molecular weight is 717 g/mol.